The van der Waals surface area contributed by atoms with Crippen molar-refractivity contribution in [2.45, 2.75) is 0 Å². The SMILES string of the molecule is Brc1ccc2cccc(-c3c(Br)ccc4ccccc34)c2c1. The summed E-state index contributed by atoms with van der Waals surface area (Å²) in [6.07, 6.45) is 0. The van der Waals surface area contributed by atoms with Gasteiger partial charge in [0.2, 0.25) is 0 Å². The minimum Gasteiger partial charge on any atom is -0.0616 e. The number of rotatable bonds is 1. The van der Waals surface area contributed by atoms with Gasteiger partial charge < -0.3 is 0 Å². The van der Waals surface area contributed by atoms with E-state index in [-0.39, 0.29) is 0 Å². The van der Waals surface area contributed by atoms with Crippen molar-refractivity contribution in [1.82, 2.24) is 0 Å². The summed E-state index contributed by atoms with van der Waals surface area (Å²) in [5.74, 6) is 0. The van der Waals surface area contributed by atoms with Crippen LogP contribution in [0.1, 0.15) is 0 Å². The highest BCUT2D eigenvalue weighted by atomic mass is 79.9. The van der Waals surface area contributed by atoms with Crippen LogP contribution in [0.15, 0.2) is 81.7 Å². The lowest BCUT2D eigenvalue weighted by molar-refractivity contribution is 1.64. The fourth-order valence-electron chi connectivity index (χ4n) is 2.98. The van der Waals surface area contributed by atoms with E-state index in [4.69, 9.17) is 0 Å². The lowest BCUT2D eigenvalue weighted by atomic mass is 9.94. The first kappa shape index (κ1) is 14.0. The van der Waals surface area contributed by atoms with E-state index in [9.17, 15) is 0 Å². The van der Waals surface area contributed by atoms with E-state index in [2.05, 4.69) is 105 Å². The molecule has 0 radical (unpaired) electrons. The standard InChI is InChI=1S/C20H12Br2/c21-15-10-8-14-5-3-7-17(18(14)12-15)20-16-6-2-1-4-13(16)9-11-19(20)22/h1-12H. The Morgan fingerprint density at radius 2 is 1.32 bits per heavy atom. The predicted molar refractivity (Wildman–Crippen MR) is 102 cm³/mol. The van der Waals surface area contributed by atoms with E-state index in [0.717, 1.165) is 8.95 Å². The summed E-state index contributed by atoms with van der Waals surface area (Å²) in [5.41, 5.74) is 2.50. The Balaban J connectivity index is 2.16. The summed E-state index contributed by atoms with van der Waals surface area (Å²) in [4.78, 5) is 0. The molecule has 22 heavy (non-hydrogen) atoms. The van der Waals surface area contributed by atoms with E-state index < -0.39 is 0 Å². The molecule has 0 nitrogen and oxygen atoms in total. The van der Waals surface area contributed by atoms with Gasteiger partial charge in [0.05, 0.1) is 0 Å². The fraction of sp³-hybridized carbons (Fsp3) is 0. The lowest BCUT2D eigenvalue weighted by Gasteiger charge is -2.13. The van der Waals surface area contributed by atoms with Crippen molar-refractivity contribution in [2.75, 3.05) is 0 Å². The quantitative estimate of drug-likeness (QED) is 0.311. The molecule has 4 rings (SSSR count). The highest BCUT2D eigenvalue weighted by Gasteiger charge is 2.11. The molecule has 0 bridgehead atoms. The van der Waals surface area contributed by atoms with Crippen molar-refractivity contribution in [2.24, 2.45) is 0 Å². The molecule has 0 spiro atoms. The third-order valence-electron chi connectivity index (χ3n) is 3.99. The summed E-state index contributed by atoms with van der Waals surface area (Å²) in [7, 11) is 0. The summed E-state index contributed by atoms with van der Waals surface area (Å²) >= 11 is 7.34. The highest BCUT2D eigenvalue weighted by Crippen LogP contribution is 2.39. The molecule has 0 heterocycles. The average molecular weight is 412 g/mol. The van der Waals surface area contributed by atoms with Crippen LogP contribution in [0.2, 0.25) is 0 Å². The summed E-state index contributed by atoms with van der Waals surface area (Å²) in [6.45, 7) is 0. The number of halogens is 2. The second-order valence-electron chi connectivity index (χ2n) is 5.31. The van der Waals surface area contributed by atoms with Crippen molar-refractivity contribution in [3.63, 3.8) is 0 Å². The first-order valence-corrected chi connectivity index (χ1v) is 8.68. The van der Waals surface area contributed by atoms with Gasteiger partial charge in [0.15, 0.2) is 0 Å². The second-order valence-corrected chi connectivity index (χ2v) is 7.08. The van der Waals surface area contributed by atoms with Crippen LogP contribution in [-0.4, -0.2) is 0 Å². The van der Waals surface area contributed by atoms with E-state index >= 15 is 0 Å². The molecule has 4 aromatic carbocycles. The molecule has 4 aromatic rings. The summed E-state index contributed by atoms with van der Waals surface area (Å²) < 4.78 is 2.22. The first-order valence-electron chi connectivity index (χ1n) is 7.10. The number of hydrogen-bond acceptors (Lipinski definition) is 0. The highest BCUT2D eigenvalue weighted by molar-refractivity contribution is 9.10. The molecular weight excluding hydrogens is 400 g/mol. The molecule has 0 unspecified atom stereocenters. The van der Waals surface area contributed by atoms with Gasteiger partial charge in [-0.1, -0.05) is 86.5 Å². The van der Waals surface area contributed by atoms with E-state index in [1.165, 1.54) is 32.7 Å². The van der Waals surface area contributed by atoms with Crippen molar-refractivity contribution in [3.05, 3.63) is 81.7 Å². The molecule has 0 saturated heterocycles. The average Bonchev–Trinajstić information content (AvgIpc) is 2.54. The zero-order valence-corrected chi connectivity index (χ0v) is 14.9. The van der Waals surface area contributed by atoms with Gasteiger partial charge in [0.1, 0.15) is 0 Å². The molecule has 0 aliphatic carbocycles. The molecule has 106 valence electrons. The van der Waals surface area contributed by atoms with Gasteiger partial charge in [-0.25, -0.2) is 0 Å². The minimum absolute atomic E-state index is 1.10. The van der Waals surface area contributed by atoms with Gasteiger partial charge in [-0.05, 0) is 45.3 Å². The van der Waals surface area contributed by atoms with Crippen LogP contribution in [0.5, 0.6) is 0 Å². The Kier molecular flexibility index (Phi) is 3.51. The third kappa shape index (κ3) is 2.27. The van der Waals surface area contributed by atoms with E-state index in [0.29, 0.717) is 0 Å². The molecule has 0 fully saturated rings. The maximum Gasteiger partial charge on any atom is 0.0260 e. The van der Waals surface area contributed by atoms with Gasteiger partial charge in [-0.3, -0.25) is 0 Å². The Bertz CT molecular complexity index is 1000. The molecule has 0 atom stereocenters. The van der Waals surface area contributed by atoms with Crippen LogP contribution < -0.4 is 0 Å². The zero-order chi connectivity index (χ0) is 15.1. The normalized spacial score (nSPS) is 11.2. The summed E-state index contributed by atoms with van der Waals surface area (Å²) in [5, 5.41) is 5.03. The smallest absolute Gasteiger partial charge is 0.0260 e. The molecule has 0 N–H and O–H groups in total. The van der Waals surface area contributed by atoms with Gasteiger partial charge in [0.25, 0.3) is 0 Å². The van der Waals surface area contributed by atoms with E-state index in [1.807, 2.05) is 0 Å². The number of hydrogen-bond donors (Lipinski definition) is 0. The second kappa shape index (κ2) is 5.53. The number of benzene rings is 4. The molecule has 0 aliphatic heterocycles. The Hall–Kier alpha value is -1.64. The topological polar surface area (TPSA) is 0 Å². The zero-order valence-electron chi connectivity index (χ0n) is 11.7. The van der Waals surface area contributed by atoms with Crippen molar-refractivity contribution in [3.8, 4) is 11.1 Å². The predicted octanol–water partition coefficient (Wildman–Crippen LogP) is 7.19. The maximum absolute atomic E-state index is 3.75. The fourth-order valence-corrected chi connectivity index (χ4v) is 3.90. The van der Waals surface area contributed by atoms with Gasteiger partial charge >= 0.3 is 0 Å². The van der Waals surface area contributed by atoms with Crippen LogP contribution in [0.4, 0.5) is 0 Å². The van der Waals surface area contributed by atoms with Crippen molar-refractivity contribution >= 4 is 53.4 Å². The summed E-state index contributed by atoms with van der Waals surface area (Å²) in [6, 6.07) is 25.7. The molecule has 0 aliphatic rings. The molecule has 2 heteroatoms. The Morgan fingerprint density at radius 3 is 2.23 bits per heavy atom. The van der Waals surface area contributed by atoms with Crippen LogP contribution in [0.25, 0.3) is 32.7 Å². The van der Waals surface area contributed by atoms with Crippen molar-refractivity contribution < 1.29 is 0 Å². The Morgan fingerprint density at radius 1 is 0.591 bits per heavy atom. The van der Waals surface area contributed by atoms with Gasteiger partial charge in [0, 0.05) is 14.5 Å². The van der Waals surface area contributed by atoms with E-state index in [1.54, 1.807) is 0 Å². The largest absolute Gasteiger partial charge is 0.0616 e. The molecule has 0 amide bonds. The molecule has 0 aromatic heterocycles. The van der Waals surface area contributed by atoms with Crippen LogP contribution in [-0.2, 0) is 0 Å². The van der Waals surface area contributed by atoms with Gasteiger partial charge in [-0.2, -0.15) is 0 Å². The van der Waals surface area contributed by atoms with Crippen LogP contribution in [0, 0.1) is 0 Å². The molecule has 0 saturated carbocycles. The monoisotopic (exact) mass is 410 g/mol. The number of fused-ring (bicyclic) bond motifs is 2. The maximum atomic E-state index is 3.75. The lowest BCUT2D eigenvalue weighted by Crippen LogP contribution is -1.86. The van der Waals surface area contributed by atoms with Crippen LogP contribution >= 0.6 is 31.9 Å². The third-order valence-corrected chi connectivity index (χ3v) is 5.15. The van der Waals surface area contributed by atoms with Crippen LogP contribution in [0.3, 0.4) is 0 Å². The van der Waals surface area contributed by atoms with Crippen molar-refractivity contribution in [1.29, 1.82) is 0 Å². The Labute approximate surface area is 146 Å². The minimum atomic E-state index is 1.10. The van der Waals surface area contributed by atoms with Gasteiger partial charge in [-0.15, -0.1) is 0 Å². The first-order chi connectivity index (χ1) is 10.7. The molecular formula is C20H12Br2.